The van der Waals surface area contributed by atoms with Crippen molar-refractivity contribution in [2.75, 3.05) is 11.4 Å². The summed E-state index contributed by atoms with van der Waals surface area (Å²) in [5, 5.41) is 0. The third-order valence-corrected chi connectivity index (χ3v) is 4.53. The Kier molecular flexibility index (Phi) is 3.56. The topological polar surface area (TPSA) is 38.1 Å². The molecule has 24 heavy (non-hydrogen) atoms. The smallest absolute Gasteiger partial charge is 0.226 e. The molecule has 0 saturated carbocycles. The van der Waals surface area contributed by atoms with Crippen LogP contribution in [0.4, 0.5) is 10.1 Å². The van der Waals surface area contributed by atoms with Crippen LogP contribution in [0.25, 0.3) is 16.7 Å². The number of piperidine rings is 1. The van der Waals surface area contributed by atoms with E-state index < -0.39 is 0 Å². The van der Waals surface area contributed by atoms with Crippen molar-refractivity contribution in [3.8, 4) is 5.69 Å². The zero-order valence-corrected chi connectivity index (χ0v) is 13.5. The van der Waals surface area contributed by atoms with E-state index >= 15 is 0 Å². The standard InChI is InChI=1S/C19H18FN3O/c1-13-21-17-10-5-14(20)12-18(17)23(13)16-8-6-15(7-9-16)22-11-3-2-4-19(22)24/h5-10,12H,2-4,11H2,1H3. The van der Waals surface area contributed by atoms with Crippen LogP contribution in [0, 0.1) is 12.7 Å². The van der Waals surface area contributed by atoms with Gasteiger partial charge < -0.3 is 4.90 Å². The van der Waals surface area contributed by atoms with Gasteiger partial charge in [0.15, 0.2) is 0 Å². The van der Waals surface area contributed by atoms with Gasteiger partial charge in [0.2, 0.25) is 5.91 Å². The maximum Gasteiger partial charge on any atom is 0.226 e. The molecule has 0 spiro atoms. The van der Waals surface area contributed by atoms with E-state index in [0.717, 1.165) is 47.6 Å². The van der Waals surface area contributed by atoms with Crippen LogP contribution < -0.4 is 4.90 Å². The molecule has 4 rings (SSSR count). The Morgan fingerprint density at radius 1 is 1.04 bits per heavy atom. The molecule has 0 unspecified atom stereocenters. The number of nitrogens with zero attached hydrogens (tertiary/aromatic N) is 3. The highest BCUT2D eigenvalue weighted by atomic mass is 19.1. The van der Waals surface area contributed by atoms with Crippen LogP contribution in [0.3, 0.4) is 0 Å². The molecule has 0 radical (unpaired) electrons. The molecular formula is C19H18FN3O. The second-order valence-corrected chi connectivity index (χ2v) is 6.15. The summed E-state index contributed by atoms with van der Waals surface area (Å²) in [5.74, 6) is 0.705. The average Bonchev–Trinajstić information content (AvgIpc) is 2.91. The number of carbonyl (C=O) groups excluding carboxylic acids is 1. The van der Waals surface area contributed by atoms with Gasteiger partial charge in [-0.3, -0.25) is 9.36 Å². The Hall–Kier alpha value is -2.69. The third-order valence-electron chi connectivity index (χ3n) is 4.53. The molecule has 1 aliphatic heterocycles. The molecular weight excluding hydrogens is 305 g/mol. The number of halogens is 1. The molecule has 3 aromatic rings. The zero-order chi connectivity index (χ0) is 16.7. The van der Waals surface area contributed by atoms with Crippen molar-refractivity contribution in [1.29, 1.82) is 0 Å². The number of imidazole rings is 1. The molecule has 1 aromatic heterocycles. The first-order chi connectivity index (χ1) is 11.6. The van der Waals surface area contributed by atoms with Crippen LogP contribution in [-0.2, 0) is 4.79 Å². The summed E-state index contributed by atoms with van der Waals surface area (Å²) < 4.78 is 15.5. The first kappa shape index (κ1) is 14.9. The highest BCUT2D eigenvalue weighted by Gasteiger charge is 2.19. The van der Waals surface area contributed by atoms with E-state index in [1.165, 1.54) is 12.1 Å². The van der Waals surface area contributed by atoms with Crippen molar-refractivity contribution in [2.45, 2.75) is 26.2 Å². The molecule has 0 bridgehead atoms. The third kappa shape index (κ3) is 2.46. The molecule has 4 nitrogen and oxygen atoms in total. The molecule has 2 heterocycles. The molecule has 2 aromatic carbocycles. The van der Waals surface area contributed by atoms with Gasteiger partial charge in [-0.05, 0) is 56.2 Å². The Bertz CT molecular complexity index is 914. The quantitative estimate of drug-likeness (QED) is 0.715. The average molecular weight is 323 g/mol. The fourth-order valence-electron chi connectivity index (χ4n) is 3.36. The number of carbonyl (C=O) groups is 1. The number of hydrogen-bond acceptors (Lipinski definition) is 2. The summed E-state index contributed by atoms with van der Waals surface area (Å²) >= 11 is 0. The van der Waals surface area contributed by atoms with Crippen LogP contribution in [0.2, 0.25) is 0 Å². The van der Waals surface area contributed by atoms with Crippen molar-refractivity contribution in [3.63, 3.8) is 0 Å². The molecule has 5 heteroatoms. The summed E-state index contributed by atoms with van der Waals surface area (Å²) in [6, 6.07) is 12.4. The fourth-order valence-corrected chi connectivity index (χ4v) is 3.36. The lowest BCUT2D eigenvalue weighted by molar-refractivity contribution is -0.119. The fraction of sp³-hybridized carbons (Fsp3) is 0.263. The minimum absolute atomic E-state index is 0.181. The largest absolute Gasteiger partial charge is 0.312 e. The van der Waals surface area contributed by atoms with E-state index in [4.69, 9.17) is 0 Å². The monoisotopic (exact) mass is 323 g/mol. The normalized spacial score (nSPS) is 15.2. The highest BCUT2D eigenvalue weighted by Crippen LogP contribution is 2.26. The second-order valence-electron chi connectivity index (χ2n) is 6.15. The summed E-state index contributed by atoms with van der Waals surface area (Å²) in [6.07, 6.45) is 2.63. The predicted octanol–water partition coefficient (Wildman–Crippen LogP) is 3.99. The zero-order valence-electron chi connectivity index (χ0n) is 13.5. The van der Waals surface area contributed by atoms with Crippen molar-refractivity contribution in [2.24, 2.45) is 0 Å². The lowest BCUT2D eigenvalue weighted by Gasteiger charge is -2.27. The summed E-state index contributed by atoms with van der Waals surface area (Å²) in [7, 11) is 0. The summed E-state index contributed by atoms with van der Waals surface area (Å²) in [6.45, 7) is 2.68. The van der Waals surface area contributed by atoms with Crippen LogP contribution in [0.1, 0.15) is 25.1 Å². The van der Waals surface area contributed by atoms with E-state index in [1.807, 2.05) is 40.7 Å². The van der Waals surface area contributed by atoms with Crippen LogP contribution in [0.15, 0.2) is 42.5 Å². The Labute approximate surface area is 139 Å². The number of aromatic nitrogens is 2. The van der Waals surface area contributed by atoms with Gasteiger partial charge in [-0.25, -0.2) is 9.37 Å². The Morgan fingerprint density at radius 3 is 2.54 bits per heavy atom. The van der Waals surface area contributed by atoms with Gasteiger partial charge >= 0.3 is 0 Å². The van der Waals surface area contributed by atoms with E-state index in [-0.39, 0.29) is 11.7 Å². The van der Waals surface area contributed by atoms with Gasteiger partial charge in [0.05, 0.1) is 11.0 Å². The molecule has 122 valence electrons. The van der Waals surface area contributed by atoms with Crippen molar-refractivity contribution < 1.29 is 9.18 Å². The molecule has 1 aliphatic rings. The minimum Gasteiger partial charge on any atom is -0.312 e. The number of amides is 1. The van der Waals surface area contributed by atoms with E-state index in [0.29, 0.717) is 6.42 Å². The van der Waals surface area contributed by atoms with E-state index in [9.17, 15) is 9.18 Å². The van der Waals surface area contributed by atoms with Gasteiger partial charge in [0.1, 0.15) is 11.6 Å². The first-order valence-corrected chi connectivity index (χ1v) is 8.19. The lowest BCUT2D eigenvalue weighted by atomic mass is 10.1. The number of rotatable bonds is 2. The second kappa shape index (κ2) is 5.74. The number of anilines is 1. The predicted molar refractivity (Wildman–Crippen MR) is 92.0 cm³/mol. The van der Waals surface area contributed by atoms with Gasteiger partial charge in [-0.15, -0.1) is 0 Å². The number of fused-ring (bicyclic) bond motifs is 1. The molecule has 1 amide bonds. The van der Waals surface area contributed by atoms with Crippen molar-refractivity contribution in [3.05, 3.63) is 54.1 Å². The van der Waals surface area contributed by atoms with E-state index in [2.05, 4.69) is 4.98 Å². The lowest BCUT2D eigenvalue weighted by Crippen LogP contribution is -2.35. The molecule has 0 aliphatic carbocycles. The van der Waals surface area contributed by atoms with Crippen molar-refractivity contribution >= 4 is 22.6 Å². The maximum absolute atomic E-state index is 13.6. The maximum atomic E-state index is 13.6. The van der Waals surface area contributed by atoms with Gasteiger partial charge in [-0.1, -0.05) is 0 Å². The van der Waals surface area contributed by atoms with Crippen LogP contribution in [0.5, 0.6) is 0 Å². The molecule has 1 saturated heterocycles. The Balaban J connectivity index is 1.74. The minimum atomic E-state index is -0.279. The van der Waals surface area contributed by atoms with E-state index in [1.54, 1.807) is 6.07 Å². The Morgan fingerprint density at radius 2 is 1.79 bits per heavy atom. The molecule has 1 fully saturated rings. The van der Waals surface area contributed by atoms with Crippen molar-refractivity contribution in [1.82, 2.24) is 9.55 Å². The van der Waals surface area contributed by atoms with Crippen LogP contribution >= 0.6 is 0 Å². The summed E-state index contributed by atoms with van der Waals surface area (Å²) in [5.41, 5.74) is 3.34. The van der Waals surface area contributed by atoms with Gasteiger partial charge in [-0.2, -0.15) is 0 Å². The molecule has 0 N–H and O–H groups in total. The highest BCUT2D eigenvalue weighted by molar-refractivity contribution is 5.94. The van der Waals surface area contributed by atoms with Gasteiger partial charge in [0, 0.05) is 30.4 Å². The number of aryl methyl sites for hydroxylation is 1. The summed E-state index contributed by atoms with van der Waals surface area (Å²) in [4.78, 5) is 18.4. The van der Waals surface area contributed by atoms with Gasteiger partial charge in [0.25, 0.3) is 0 Å². The SMILES string of the molecule is Cc1nc2ccc(F)cc2n1-c1ccc(N2CCCCC2=O)cc1. The number of benzene rings is 2. The first-order valence-electron chi connectivity index (χ1n) is 8.19. The number of hydrogen-bond donors (Lipinski definition) is 0. The van der Waals surface area contributed by atoms with Crippen LogP contribution in [-0.4, -0.2) is 22.0 Å². The molecule has 0 atom stereocenters.